The molecule has 3 aromatic rings. The molecule has 0 aliphatic heterocycles. The molecule has 0 saturated heterocycles. The predicted octanol–water partition coefficient (Wildman–Crippen LogP) is 3.13. The number of phenolic OH excluding ortho intramolecular Hbond substituents is 3. The number of H-pyrrole nitrogens is 1. The van der Waals surface area contributed by atoms with Crippen molar-refractivity contribution in [1.29, 1.82) is 0 Å². The zero-order valence-electron chi connectivity index (χ0n) is 12.4. The Morgan fingerprint density at radius 2 is 1.43 bits per heavy atom. The number of aromatic hydroxyl groups is 3. The summed E-state index contributed by atoms with van der Waals surface area (Å²) in [5.74, 6) is -0.270. The molecule has 0 spiro atoms. The number of hydrogen-bond donors (Lipinski definition) is 4. The smallest absolute Gasteiger partial charge is 0.249 e. The van der Waals surface area contributed by atoms with E-state index in [4.69, 9.17) is 0 Å². The molecular formula is C18H15NO4. The predicted molar refractivity (Wildman–Crippen MR) is 87.7 cm³/mol. The van der Waals surface area contributed by atoms with Gasteiger partial charge in [0.15, 0.2) is 11.5 Å². The minimum atomic E-state index is -0.282. The highest BCUT2D eigenvalue weighted by Gasteiger charge is 2.08. The highest BCUT2D eigenvalue weighted by Crippen LogP contribution is 2.31. The molecule has 0 bridgehead atoms. The maximum Gasteiger partial charge on any atom is 0.249 e. The van der Waals surface area contributed by atoms with Gasteiger partial charge in [0.1, 0.15) is 5.75 Å². The SMILES string of the molecule is Cc1cc(-c2cc(-c3ccc(O)c(O)c3)cc(=O)[nH]2)ccc1O. The zero-order chi connectivity index (χ0) is 16.6. The standard InChI is InChI=1S/C18H15NO4/c1-10-6-12(3-4-15(10)20)14-7-13(9-18(23)19-14)11-2-5-16(21)17(22)8-11/h2-9,20-22H,1H3,(H,19,23). The van der Waals surface area contributed by atoms with E-state index in [9.17, 15) is 20.1 Å². The van der Waals surface area contributed by atoms with Crippen LogP contribution in [0.3, 0.4) is 0 Å². The second kappa shape index (κ2) is 5.53. The van der Waals surface area contributed by atoms with Crippen molar-refractivity contribution in [3.63, 3.8) is 0 Å². The Morgan fingerprint density at radius 3 is 2.13 bits per heavy atom. The van der Waals surface area contributed by atoms with Crippen LogP contribution in [0.2, 0.25) is 0 Å². The molecule has 1 aromatic heterocycles. The summed E-state index contributed by atoms with van der Waals surface area (Å²) in [7, 11) is 0. The van der Waals surface area contributed by atoms with E-state index in [2.05, 4.69) is 4.98 Å². The van der Waals surface area contributed by atoms with Crippen molar-refractivity contribution in [3.05, 3.63) is 64.4 Å². The van der Waals surface area contributed by atoms with Gasteiger partial charge in [-0.3, -0.25) is 4.79 Å². The van der Waals surface area contributed by atoms with Crippen LogP contribution in [0.25, 0.3) is 22.4 Å². The second-order valence-electron chi connectivity index (χ2n) is 5.35. The lowest BCUT2D eigenvalue weighted by atomic mass is 10.0. The molecule has 1 heterocycles. The van der Waals surface area contributed by atoms with Crippen molar-refractivity contribution in [2.45, 2.75) is 6.92 Å². The van der Waals surface area contributed by atoms with Gasteiger partial charge in [0.05, 0.1) is 0 Å². The summed E-state index contributed by atoms with van der Waals surface area (Å²) in [5, 5.41) is 28.6. The molecule has 0 aliphatic carbocycles. The van der Waals surface area contributed by atoms with Crippen LogP contribution in [0, 0.1) is 6.92 Å². The molecule has 0 fully saturated rings. The van der Waals surface area contributed by atoms with Crippen LogP contribution in [-0.2, 0) is 0 Å². The third-order valence-electron chi connectivity index (χ3n) is 3.66. The summed E-state index contributed by atoms with van der Waals surface area (Å²) in [6.07, 6.45) is 0. The quantitative estimate of drug-likeness (QED) is 0.547. The van der Waals surface area contributed by atoms with Crippen LogP contribution in [0.15, 0.2) is 53.3 Å². The Kier molecular flexibility index (Phi) is 3.54. The molecule has 0 radical (unpaired) electrons. The van der Waals surface area contributed by atoms with Crippen LogP contribution in [0.4, 0.5) is 0 Å². The lowest BCUT2D eigenvalue weighted by Crippen LogP contribution is -2.05. The Bertz CT molecular complexity index is 871. The number of nitrogens with one attached hydrogen (secondary N) is 1. The number of rotatable bonds is 2. The van der Waals surface area contributed by atoms with Crippen LogP contribution in [0.1, 0.15) is 5.56 Å². The van der Waals surface area contributed by atoms with Crippen molar-refractivity contribution in [1.82, 2.24) is 4.98 Å². The van der Waals surface area contributed by atoms with E-state index in [1.54, 1.807) is 37.3 Å². The van der Waals surface area contributed by atoms with Crippen molar-refractivity contribution in [2.24, 2.45) is 0 Å². The first-order chi connectivity index (χ1) is 10.9. The largest absolute Gasteiger partial charge is 0.508 e. The summed E-state index contributed by atoms with van der Waals surface area (Å²) in [6, 6.07) is 12.6. The Morgan fingerprint density at radius 1 is 0.739 bits per heavy atom. The fourth-order valence-electron chi connectivity index (χ4n) is 2.39. The molecule has 0 atom stereocenters. The summed E-state index contributed by atoms with van der Waals surface area (Å²) in [6.45, 7) is 1.78. The van der Waals surface area contributed by atoms with Gasteiger partial charge in [0, 0.05) is 11.8 Å². The molecule has 2 aromatic carbocycles. The molecule has 0 aliphatic rings. The van der Waals surface area contributed by atoms with Crippen LogP contribution in [0.5, 0.6) is 17.2 Å². The van der Waals surface area contributed by atoms with Gasteiger partial charge >= 0.3 is 0 Å². The average Bonchev–Trinajstić information content (AvgIpc) is 2.52. The molecular weight excluding hydrogens is 294 g/mol. The molecule has 5 nitrogen and oxygen atoms in total. The lowest BCUT2D eigenvalue weighted by molar-refractivity contribution is 0.404. The molecule has 3 rings (SSSR count). The van der Waals surface area contributed by atoms with Crippen molar-refractivity contribution in [3.8, 4) is 39.6 Å². The lowest BCUT2D eigenvalue weighted by Gasteiger charge is -2.08. The number of phenols is 3. The van der Waals surface area contributed by atoms with Gasteiger partial charge in [-0.1, -0.05) is 6.07 Å². The third-order valence-corrected chi connectivity index (χ3v) is 3.66. The van der Waals surface area contributed by atoms with Crippen LogP contribution in [-0.4, -0.2) is 20.3 Å². The third kappa shape index (κ3) is 2.89. The second-order valence-corrected chi connectivity index (χ2v) is 5.35. The Hall–Kier alpha value is -3.21. The zero-order valence-corrected chi connectivity index (χ0v) is 12.4. The topological polar surface area (TPSA) is 93.5 Å². The molecule has 116 valence electrons. The van der Waals surface area contributed by atoms with E-state index in [1.165, 1.54) is 18.2 Å². The van der Waals surface area contributed by atoms with Gasteiger partial charge in [-0.25, -0.2) is 0 Å². The van der Waals surface area contributed by atoms with Crippen molar-refractivity contribution in [2.75, 3.05) is 0 Å². The van der Waals surface area contributed by atoms with Crippen LogP contribution < -0.4 is 5.56 Å². The van der Waals surface area contributed by atoms with Gasteiger partial charge in [0.25, 0.3) is 0 Å². The normalized spacial score (nSPS) is 10.7. The summed E-state index contributed by atoms with van der Waals surface area (Å²) in [5.41, 5.74) is 3.02. The molecule has 0 amide bonds. The molecule has 0 saturated carbocycles. The van der Waals surface area contributed by atoms with Gasteiger partial charge in [-0.15, -0.1) is 0 Å². The van der Waals surface area contributed by atoms with E-state index < -0.39 is 0 Å². The maximum absolute atomic E-state index is 11.9. The maximum atomic E-state index is 11.9. The van der Waals surface area contributed by atoms with Crippen molar-refractivity contribution >= 4 is 0 Å². The van der Waals surface area contributed by atoms with Gasteiger partial charge in [-0.05, 0) is 65.6 Å². The van der Waals surface area contributed by atoms with E-state index in [1.807, 2.05) is 0 Å². The number of aryl methyl sites for hydroxylation is 1. The average molecular weight is 309 g/mol. The monoisotopic (exact) mass is 309 g/mol. The van der Waals surface area contributed by atoms with Crippen molar-refractivity contribution < 1.29 is 15.3 Å². The Balaban J connectivity index is 2.13. The first kappa shape index (κ1) is 14.7. The minimum Gasteiger partial charge on any atom is -0.508 e. The summed E-state index contributed by atoms with van der Waals surface area (Å²) in [4.78, 5) is 14.7. The highest BCUT2D eigenvalue weighted by atomic mass is 16.3. The number of pyridine rings is 1. The summed E-state index contributed by atoms with van der Waals surface area (Å²) >= 11 is 0. The molecule has 23 heavy (non-hydrogen) atoms. The van der Waals surface area contributed by atoms with Gasteiger partial charge in [-0.2, -0.15) is 0 Å². The van der Waals surface area contributed by atoms with E-state index in [-0.39, 0.29) is 22.8 Å². The van der Waals surface area contributed by atoms with Crippen LogP contribution >= 0.6 is 0 Å². The highest BCUT2D eigenvalue weighted by molar-refractivity contribution is 5.72. The van der Waals surface area contributed by atoms with E-state index in [0.29, 0.717) is 22.4 Å². The number of aromatic nitrogens is 1. The Labute approximate surface area is 132 Å². The first-order valence-corrected chi connectivity index (χ1v) is 7.01. The molecule has 5 heteroatoms. The van der Waals surface area contributed by atoms with Gasteiger partial charge in [0.2, 0.25) is 5.56 Å². The summed E-state index contributed by atoms with van der Waals surface area (Å²) < 4.78 is 0. The van der Waals surface area contributed by atoms with Gasteiger partial charge < -0.3 is 20.3 Å². The number of benzene rings is 2. The molecule has 0 unspecified atom stereocenters. The fraction of sp³-hybridized carbons (Fsp3) is 0.0556. The van der Waals surface area contributed by atoms with E-state index in [0.717, 1.165) is 5.56 Å². The first-order valence-electron chi connectivity index (χ1n) is 7.01. The fourth-order valence-corrected chi connectivity index (χ4v) is 2.39. The molecule has 4 N–H and O–H groups in total. The number of aromatic amines is 1. The van der Waals surface area contributed by atoms with E-state index >= 15 is 0 Å². The minimum absolute atomic E-state index is 0.190. The number of hydrogen-bond acceptors (Lipinski definition) is 4.